The number of Topliss-reactive ketones (excluding diaryl/α,β-unsaturated/α-hetero) is 1. The molecule has 0 heterocycles. The number of fused-ring (bicyclic) bond motifs is 5. The highest BCUT2D eigenvalue weighted by atomic mass is 35.5. The Kier molecular flexibility index (Phi) is 4.46. The number of hydrogen-bond donors (Lipinski definition) is 0. The fourth-order valence-corrected chi connectivity index (χ4v) is 7.55. The summed E-state index contributed by atoms with van der Waals surface area (Å²) in [5, 5.41) is 0.689. The van der Waals surface area contributed by atoms with Crippen LogP contribution < -0.4 is 0 Å². The first-order valence-corrected chi connectivity index (χ1v) is 10.8. The minimum Gasteiger partial charge on any atom is -0.451 e. The topological polar surface area (TPSA) is 60.4 Å². The van der Waals surface area contributed by atoms with Crippen molar-refractivity contribution in [3.8, 4) is 0 Å². The van der Waals surface area contributed by atoms with Crippen LogP contribution in [-0.4, -0.2) is 23.1 Å². The van der Waals surface area contributed by atoms with Gasteiger partial charge in [-0.05, 0) is 73.8 Å². The molecular formula is C23H29ClO4. The Morgan fingerprint density at radius 2 is 1.79 bits per heavy atom. The molecule has 4 nitrogen and oxygen atoms in total. The van der Waals surface area contributed by atoms with Crippen molar-refractivity contribution in [3.63, 3.8) is 0 Å². The van der Waals surface area contributed by atoms with Crippen LogP contribution in [0.15, 0.2) is 22.8 Å². The largest absolute Gasteiger partial charge is 0.451 e. The van der Waals surface area contributed by atoms with Gasteiger partial charge in [0.2, 0.25) is 0 Å². The zero-order valence-electron chi connectivity index (χ0n) is 17.1. The molecule has 0 N–H and O–H groups in total. The van der Waals surface area contributed by atoms with Gasteiger partial charge in [-0.25, -0.2) is 0 Å². The summed E-state index contributed by atoms with van der Waals surface area (Å²) in [4.78, 5) is 36.6. The minimum absolute atomic E-state index is 0.0490. The van der Waals surface area contributed by atoms with E-state index in [1.165, 1.54) is 6.92 Å². The molecular weight excluding hydrogens is 376 g/mol. The van der Waals surface area contributed by atoms with E-state index in [4.69, 9.17) is 16.3 Å². The van der Waals surface area contributed by atoms with Crippen LogP contribution in [0.5, 0.6) is 0 Å². The summed E-state index contributed by atoms with van der Waals surface area (Å²) in [5.74, 6) is 0.584. The van der Waals surface area contributed by atoms with E-state index in [0.717, 1.165) is 31.3 Å². The fraction of sp³-hybridized carbons (Fsp3) is 0.696. The number of esters is 1. The summed E-state index contributed by atoms with van der Waals surface area (Å²) in [7, 11) is 0. The summed E-state index contributed by atoms with van der Waals surface area (Å²) >= 11 is 6.71. The van der Waals surface area contributed by atoms with Crippen molar-refractivity contribution in [2.75, 3.05) is 0 Å². The Bertz CT molecular complexity index is 826. The third-order valence-corrected chi connectivity index (χ3v) is 8.89. The summed E-state index contributed by atoms with van der Waals surface area (Å²) in [6.45, 7) is 7.33. The van der Waals surface area contributed by atoms with Crippen LogP contribution in [-0.2, 0) is 19.1 Å². The highest BCUT2D eigenvalue weighted by molar-refractivity contribution is 6.32. The summed E-state index contributed by atoms with van der Waals surface area (Å²) in [6.07, 6.45) is 8.48. The lowest BCUT2D eigenvalue weighted by atomic mass is 9.48. The molecule has 5 heteroatoms. The van der Waals surface area contributed by atoms with Gasteiger partial charge in [0.15, 0.2) is 17.2 Å². The van der Waals surface area contributed by atoms with Gasteiger partial charge in [0.05, 0.1) is 0 Å². The molecule has 0 bridgehead atoms. The Hall–Kier alpha value is -1.42. The van der Waals surface area contributed by atoms with E-state index in [-0.39, 0.29) is 40.2 Å². The predicted octanol–water partition coefficient (Wildman–Crippen LogP) is 4.75. The van der Waals surface area contributed by atoms with Gasteiger partial charge in [-0.2, -0.15) is 0 Å². The average molecular weight is 405 g/mol. The Labute approximate surface area is 171 Å². The second-order valence-electron chi connectivity index (χ2n) is 9.72. The molecule has 6 atom stereocenters. The maximum atomic E-state index is 12.7. The molecule has 0 aromatic carbocycles. The molecule has 0 unspecified atom stereocenters. The zero-order valence-corrected chi connectivity index (χ0v) is 17.9. The van der Waals surface area contributed by atoms with E-state index in [1.54, 1.807) is 13.0 Å². The van der Waals surface area contributed by atoms with Crippen molar-refractivity contribution in [2.24, 2.45) is 28.6 Å². The lowest BCUT2D eigenvalue weighted by Gasteiger charge is -2.57. The summed E-state index contributed by atoms with van der Waals surface area (Å²) in [5.41, 5.74) is -0.532. The second kappa shape index (κ2) is 6.29. The third kappa shape index (κ3) is 2.46. The fourth-order valence-electron chi connectivity index (χ4n) is 7.13. The van der Waals surface area contributed by atoms with Crippen molar-refractivity contribution in [1.82, 2.24) is 0 Å². The average Bonchev–Trinajstić information content (AvgIpc) is 2.90. The molecule has 0 spiro atoms. The molecule has 0 amide bonds. The molecule has 0 aromatic rings. The van der Waals surface area contributed by atoms with Crippen molar-refractivity contribution in [1.29, 1.82) is 0 Å². The molecule has 0 aromatic heterocycles. The summed E-state index contributed by atoms with van der Waals surface area (Å²) < 4.78 is 5.79. The van der Waals surface area contributed by atoms with Crippen molar-refractivity contribution in [2.45, 2.75) is 71.8 Å². The Morgan fingerprint density at radius 3 is 2.43 bits per heavy atom. The molecule has 0 radical (unpaired) electrons. The first-order valence-electron chi connectivity index (χ1n) is 10.4. The van der Waals surface area contributed by atoms with Crippen LogP contribution in [0.3, 0.4) is 0 Å². The van der Waals surface area contributed by atoms with Gasteiger partial charge in [0.25, 0.3) is 0 Å². The summed E-state index contributed by atoms with van der Waals surface area (Å²) in [6, 6.07) is 0. The molecule has 0 aliphatic heterocycles. The van der Waals surface area contributed by atoms with Gasteiger partial charge in [-0.3, -0.25) is 14.4 Å². The van der Waals surface area contributed by atoms with Gasteiger partial charge in [0, 0.05) is 23.8 Å². The zero-order chi connectivity index (χ0) is 20.5. The van der Waals surface area contributed by atoms with Gasteiger partial charge >= 0.3 is 5.97 Å². The molecule has 0 saturated heterocycles. The quantitative estimate of drug-likeness (QED) is 0.623. The van der Waals surface area contributed by atoms with Crippen LogP contribution in [0.2, 0.25) is 0 Å². The standard InChI is InChI=1S/C23H29ClO4/c1-13(25)23(28-14(2)26)10-7-18-16-12-20(24)19-11-15(27)5-8-21(19,3)17(16)6-9-22(18,23)4/h11-12,16-18H,5-10H2,1-4H3/t16-,17+,18+,21-,22+,23-/m1/s1. The van der Waals surface area contributed by atoms with E-state index in [1.807, 2.05) is 0 Å². The predicted molar refractivity (Wildman–Crippen MR) is 107 cm³/mol. The third-order valence-electron chi connectivity index (χ3n) is 8.56. The monoisotopic (exact) mass is 404 g/mol. The molecule has 28 heavy (non-hydrogen) atoms. The van der Waals surface area contributed by atoms with E-state index in [0.29, 0.717) is 23.8 Å². The van der Waals surface area contributed by atoms with Gasteiger partial charge in [-0.15, -0.1) is 0 Å². The van der Waals surface area contributed by atoms with Gasteiger partial charge in [0.1, 0.15) is 0 Å². The number of carbonyl (C=O) groups excluding carboxylic acids is 3. The van der Waals surface area contributed by atoms with Gasteiger partial charge in [-0.1, -0.05) is 31.5 Å². The molecule has 4 aliphatic carbocycles. The number of carbonyl (C=O) groups is 3. The van der Waals surface area contributed by atoms with Crippen LogP contribution >= 0.6 is 11.6 Å². The second-order valence-corrected chi connectivity index (χ2v) is 10.1. The van der Waals surface area contributed by atoms with E-state index in [2.05, 4.69) is 19.9 Å². The van der Waals surface area contributed by atoms with E-state index < -0.39 is 5.60 Å². The van der Waals surface area contributed by atoms with Crippen molar-refractivity contribution < 1.29 is 19.1 Å². The molecule has 4 aliphatic rings. The van der Waals surface area contributed by atoms with E-state index >= 15 is 0 Å². The molecule has 2 saturated carbocycles. The Morgan fingerprint density at radius 1 is 1.11 bits per heavy atom. The number of hydrogen-bond acceptors (Lipinski definition) is 4. The first kappa shape index (κ1) is 19.9. The smallest absolute Gasteiger partial charge is 0.303 e. The SMILES string of the molecule is CC(=O)O[C@@]1(C(C)=O)CC[C@H]2[C@@H]3C=C(Cl)C4=CC(=O)CC[C@]4(C)[C@H]3CC[C@@]21C. The van der Waals surface area contributed by atoms with Crippen LogP contribution in [0.25, 0.3) is 0 Å². The maximum Gasteiger partial charge on any atom is 0.303 e. The molecule has 2 fully saturated rings. The molecule has 152 valence electrons. The first-order chi connectivity index (χ1) is 13.0. The van der Waals surface area contributed by atoms with Crippen molar-refractivity contribution >= 4 is 29.1 Å². The number of ketones is 2. The van der Waals surface area contributed by atoms with Crippen molar-refractivity contribution in [3.05, 3.63) is 22.8 Å². The lowest BCUT2D eigenvalue weighted by molar-refractivity contribution is -0.185. The van der Waals surface area contributed by atoms with Crippen LogP contribution in [0, 0.1) is 28.6 Å². The minimum atomic E-state index is -1.03. The van der Waals surface area contributed by atoms with Crippen LogP contribution in [0.4, 0.5) is 0 Å². The molecule has 4 rings (SSSR count). The normalized spacial score (nSPS) is 44.6. The van der Waals surface area contributed by atoms with Crippen LogP contribution in [0.1, 0.15) is 66.2 Å². The van der Waals surface area contributed by atoms with E-state index in [9.17, 15) is 14.4 Å². The lowest BCUT2D eigenvalue weighted by Crippen LogP contribution is -2.58. The highest BCUT2D eigenvalue weighted by Crippen LogP contribution is 2.68. The number of halogens is 1. The number of allylic oxidation sites excluding steroid dienone is 4. The number of ether oxygens (including phenoxy) is 1. The maximum absolute atomic E-state index is 12.7. The number of rotatable bonds is 2. The highest BCUT2D eigenvalue weighted by Gasteiger charge is 2.67. The Balaban J connectivity index is 1.79. The van der Waals surface area contributed by atoms with Gasteiger partial charge < -0.3 is 4.74 Å².